The molecule has 1 unspecified atom stereocenters. The van der Waals surface area contributed by atoms with E-state index in [1.807, 2.05) is 20.2 Å². The molecule has 0 bridgehead atoms. The maximum Gasteiger partial charge on any atom is 0.115 e. The Morgan fingerprint density at radius 3 is 2.69 bits per heavy atom. The quantitative estimate of drug-likeness (QED) is 0.661. The van der Waals surface area contributed by atoms with E-state index in [0.717, 1.165) is 18.7 Å². The molecule has 3 N–H and O–H groups in total. The number of nitrogens with zero attached hydrogens (tertiary/aromatic N) is 1. The molecule has 0 heterocycles. The molecule has 0 fully saturated rings. The standard InChI is InChI=1S/C12H20N2O2/c1-14(2)7-6-13-12(9-15)10-4-3-5-11(16)8-10/h3-5,8,12-13,15-16H,6-7,9H2,1-2H3. The molecule has 4 heteroatoms. The first-order valence-corrected chi connectivity index (χ1v) is 5.41. The topological polar surface area (TPSA) is 55.7 Å². The average Bonchev–Trinajstić information content (AvgIpc) is 2.24. The third-order valence-electron chi connectivity index (χ3n) is 2.40. The molecule has 1 atom stereocenters. The molecular formula is C12H20N2O2. The highest BCUT2D eigenvalue weighted by Gasteiger charge is 2.09. The van der Waals surface area contributed by atoms with Gasteiger partial charge in [0.05, 0.1) is 12.6 Å². The first-order chi connectivity index (χ1) is 7.63. The van der Waals surface area contributed by atoms with Crippen molar-refractivity contribution in [3.63, 3.8) is 0 Å². The number of benzene rings is 1. The molecule has 0 aliphatic heterocycles. The lowest BCUT2D eigenvalue weighted by Gasteiger charge is -2.18. The summed E-state index contributed by atoms with van der Waals surface area (Å²) in [6.07, 6.45) is 0. The zero-order valence-electron chi connectivity index (χ0n) is 9.85. The largest absolute Gasteiger partial charge is 0.508 e. The lowest BCUT2D eigenvalue weighted by molar-refractivity contribution is 0.240. The molecule has 0 aromatic heterocycles. The van der Waals surface area contributed by atoms with E-state index in [4.69, 9.17) is 0 Å². The number of nitrogens with one attached hydrogen (secondary N) is 1. The van der Waals surface area contributed by atoms with E-state index in [-0.39, 0.29) is 18.4 Å². The SMILES string of the molecule is CN(C)CCNC(CO)c1cccc(O)c1. The summed E-state index contributed by atoms with van der Waals surface area (Å²) in [7, 11) is 4.01. The van der Waals surface area contributed by atoms with Gasteiger partial charge in [-0.1, -0.05) is 12.1 Å². The van der Waals surface area contributed by atoms with Crippen molar-refractivity contribution in [2.24, 2.45) is 0 Å². The summed E-state index contributed by atoms with van der Waals surface area (Å²) in [6.45, 7) is 1.74. The maximum atomic E-state index is 9.35. The summed E-state index contributed by atoms with van der Waals surface area (Å²) >= 11 is 0. The highest BCUT2D eigenvalue weighted by molar-refractivity contribution is 5.29. The summed E-state index contributed by atoms with van der Waals surface area (Å²) in [5, 5.41) is 21.9. The highest BCUT2D eigenvalue weighted by Crippen LogP contribution is 2.17. The fourth-order valence-electron chi connectivity index (χ4n) is 1.49. The van der Waals surface area contributed by atoms with Crippen molar-refractivity contribution in [3.8, 4) is 5.75 Å². The van der Waals surface area contributed by atoms with E-state index in [2.05, 4.69) is 10.2 Å². The monoisotopic (exact) mass is 224 g/mol. The van der Waals surface area contributed by atoms with Gasteiger partial charge in [0.15, 0.2) is 0 Å². The van der Waals surface area contributed by atoms with E-state index in [0.29, 0.717) is 0 Å². The molecule has 0 radical (unpaired) electrons. The van der Waals surface area contributed by atoms with Crippen LogP contribution in [0.1, 0.15) is 11.6 Å². The molecule has 1 rings (SSSR count). The van der Waals surface area contributed by atoms with E-state index in [1.165, 1.54) is 0 Å². The molecule has 4 nitrogen and oxygen atoms in total. The average molecular weight is 224 g/mol. The van der Waals surface area contributed by atoms with Gasteiger partial charge >= 0.3 is 0 Å². The third-order valence-corrected chi connectivity index (χ3v) is 2.40. The van der Waals surface area contributed by atoms with Crippen LogP contribution in [-0.4, -0.2) is 48.9 Å². The van der Waals surface area contributed by atoms with Crippen LogP contribution in [0.3, 0.4) is 0 Å². The molecule has 0 spiro atoms. The first-order valence-electron chi connectivity index (χ1n) is 5.41. The van der Waals surface area contributed by atoms with Crippen LogP contribution in [0.4, 0.5) is 0 Å². The molecule has 90 valence electrons. The minimum absolute atomic E-state index is 0.0247. The molecule has 0 saturated carbocycles. The summed E-state index contributed by atoms with van der Waals surface area (Å²) in [5.41, 5.74) is 0.904. The van der Waals surface area contributed by atoms with Gasteiger partial charge in [0.1, 0.15) is 5.75 Å². The molecule has 16 heavy (non-hydrogen) atoms. The number of aromatic hydroxyl groups is 1. The lowest BCUT2D eigenvalue weighted by Crippen LogP contribution is -2.31. The zero-order chi connectivity index (χ0) is 12.0. The van der Waals surface area contributed by atoms with Gasteiger partial charge in [-0.25, -0.2) is 0 Å². The minimum Gasteiger partial charge on any atom is -0.508 e. The minimum atomic E-state index is -0.118. The van der Waals surface area contributed by atoms with Gasteiger partial charge in [0.25, 0.3) is 0 Å². The Balaban J connectivity index is 2.53. The molecule has 1 aromatic rings. The van der Waals surface area contributed by atoms with Crippen LogP contribution >= 0.6 is 0 Å². The summed E-state index contributed by atoms with van der Waals surface area (Å²) in [6, 6.07) is 6.85. The number of aliphatic hydroxyl groups excluding tert-OH is 1. The first kappa shape index (κ1) is 13.0. The highest BCUT2D eigenvalue weighted by atomic mass is 16.3. The Bertz CT molecular complexity index is 316. The van der Waals surface area contributed by atoms with Crippen LogP contribution in [0, 0.1) is 0 Å². The molecule has 0 saturated heterocycles. The number of aliphatic hydroxyl groups is 1. The molecular weight excluding hydrogens is 204 g/mol. The van der Waals surface area contributed by atoms with Crippen molar-refractivity contribution in [1.82, 2.24) is 10.2 Å². The van der Waals surface area contributed by atoms with E-state index in [9.17, 15) is 10.2 Å². The van der Waals surface area contributed by atoms with E-state index < -0.39 is 0 Å². The fourth-order valence-corrected chi connectivity index (χ4v) is 1.49. The van der Waals surface area contributed by atoms with Crippen molar-refractivity contribution in [2.75, 3.05) is 33.8 Å². The van der Waals surface area contributed by atoms with Crippen molar-refractivity contribution in [1.29, 1.82) is 0 Å². The van der Waals surface area contributed by atoms with Gasteiger partial charge in [-0.05, 0) is 31.8 Å². The smallest absolute Gasteiger partial charge is 0.115 e. The van der Waals surface area contributed by atoms with Crippen LogP contribution in [0.2, 0.25) is 0 Å². The summed E-state index contributed by atoms with van der Waals surface area (Å²) in [4.78, 5) is 2.07. The number of phenolic OH excluding ortho intramolecular Hbond substituents is 1. The number of hydrogen-bond acceptors (Lipinski definition) is 4. The van der Waals surface area contributed by atoms with Crippen LogP contribution in [0.5, 0.6) is 5.75 Å². The summed E-state index contributed by atoms with van der Waals surface area (Å²) < 4.78 is 0. The third kappa shape index (κ3) is 4.18. The van der Waals surface area contributed by atoms with Crippen LogP contribution < -0.4 is 5.32 Å². The Morgan fingerprint density at radius 2 is 2.12 bits per heavy atom. The van der Waals surface area contributed by atoms with Crippen molar-refractivity contribution < 1.29 is 10.2 Å². The lowest BCUT2D eigenvalue weighted by atomic mass is 10.1. The Morgan fingerprint density at radius 1 is 1.38 bits per heavy atom. The zero-order valence-corrected chi connectivity index (χ0v) is 9.85. The molecule has 0 amide bonds. The predicted octanol–water partition coefficient (Wildman–Crippen LogP) is 0.577. The Hall–Kier alpha value is -1.10. The number of hydrogen-bond donors (Lipinski definition) is 3. The van der Waals surface area contributed by atoms with Crippen LogP contribution in [-0.2, 0) is 0 Å². The number of phenols is 1. The molecule has 1 aromatic carbocycles. The normalized spacial score (nSPS) is 13.0. The van der Waals surface area contributed by atoms with Crippen LogP contribution in [0.25, 0.3) is 0 Å². The molecule has 0 aliphatic carbocycles. The van der Waals surface area contributed by atoms with Crippen LogP contribution in [0.15, 0.2) is 24.3 Å². The fraction of sp³-hybridized carbons (Fsp3) is 0.500. The van der Waals surface area contributed by atoms with Crippen molar-refractivity contribution in [2.45, 2.75) is 6.04 Å². The molecule has 0 aliphatic rings. The predicted molar refractivity (Wildman–Crippen MR) is 64.5 cm³/mol. The second-order valence-electron chi connectivity index (χ2n) is 4.09. The van der Waals surface area contributed by atoms with Gasteiger partial charge in [0.2, 0.25) is 0 Å². The van der Waals surface area contributed by atoms with Gasteiger partial charge in [0, 0.05) is 13.1 Å². The second kappa shape index (κ2) is 6.48. The number of rotatable bonds is 6. The summed E-state index contributed by atoms with van der Waals surface area (Å²) in [5.74, 6) is 0.227. The van der Waals surface area contributed by atoms with Gasteiger partial charge < -0.3 is 20.4 Å². The Labute approximate surface area is 96.5 Å². The van der Waals surface area contributed by atoms with Gasteiger partial charge in [-0.15, -0.1) is 0 Å². The number of likely N-dealkylation sites (N-methyl/N-ethyl adjacent to an activating group) is 1. The van der Waals surface area contributed by atoms with Crippen molar-refractivity contribution >= 4 is 0 Å². The van der Waals surface area contributed by atoms with E-state index in [1.54, 1.807) is 18.2 Å². The van der Waals surface area contributed by atoms with E-state index >= 15 is 0 Å². The van der Waals surface area contributed by atoms with Crippen molar-refractivity contribution in [3.05, 3.63) is 29.8 Å². The van der Waals surface area contributed by atoms with Gasteiger partial charge in [-0.3, -0.25) is 0 Å². The maximum absolute atomic E-state index is 9.35. The van der Waals surface area contributed by atoms with Gasteiger partial charge in [-0.2, -0.15) is 0 Å². The second-order valence-corrected chi connectivity index (χ2v) is 4.09. The Kier molecular flexibility index (Phi) is 5.25.